The average molecular weight is 549 g/mol. The van der Waals surface area contributed by atoms with Crippen LogP contribution in [-0.4, -0.2) is 19.5 Å². The third kappa shape index (κ3) is 3.67. The molecule has 0 fully saturated rings. The zero-order chi connectivity index (χ0) is 28.3. The number of fused-ring (bicyclic) bond motifs is 7. The van der Waals surface area contributed by atoms with E-state index in [1.807, 2.05) is 24.7 Å². The highest BCUT2D eigenvalue weighted by Gasteiger charge is 2.18. The minimum atomic E-state index is 0.953. The van der Waals surface area contributed by atoms with Crippen LogP contribution in [0.25, 0.3) is 82.5 Å². The Hall–Kier alpha value is -5.87. The maximum absolute atomic E-state index is 4.92. The molecule has 4 aromatic heterocycles. The summed E-state index contributed by atoms with van der Waals surface area (Å²) >= 11 is 0. The van der Waals surface area contributed by atoms with Gasteiger partial charge in [-0.2, -0.15) is 0 Å². The molecule has 200 valence electrons. The second-order valence-electron chi connectivity index (χ2n) is 10.9. The van der Waals surface area contributed by atoms with Crippen LogP contribution in [0.4, 0.5) is 0 Å². The third-order valence-electron chi connectivity index (χ3n) is 8.48. The normalized spacial score (nSPS) is 11.7. The largest absolute Gasteiger partial charge is 0.309 e. The van der Waals surface area contributed by atoms with Crippen LogP contribution >= 0.6 is 0 Å². The summed E-state index contributed by atoms with van der Waals surface area (Å²) in [6.07, 6.45) is 5.68. The Bertz CT molecular complexity index is 2420. The van der Waals surface area contributed by atoms with Crippen LogP contribution in [0.3, 0.4) is 0 Å². The van der Waals surface area contributed by atoms with Crippen molar-refractivity contribution in [2.24, 2.45) is 0 Å². The minimum absolute atomic E-state index is 0.953. The van der Waals surface area contributed by atoms with E-state index < -0.39 is 0 Å². The van der Waals surface area contributed by atoms with Crippen molar-refractivity contribution in [3.63, 3.8) is 0 Å². The van der Waals surface area contributed by atoms with E-state index in [9.17, 15) is 0 Å². The van der Waals surface area contributed by atoms with Crippen LogP contribution in [-0.2, 0) is 0 Å². The number of pyridine rings is 3. The van der Waals surface area contributed by atoms with E-state index >= 15 is 0 Å². The first-order valence-corrected chi connectivity index (χ1v) is 14.4. The lowest BCUT2D eigenvalue weighted by Crippen LogP contribution is -1.98. The summed E-state index contributed by atoms with van der Waals surface area (Å²) in [5, 5.41) is 8.04. The van der Waals surface area contributed by atoms with Crippen LogP contribution in [0.5, 0.6) is 0 Å². The van der Waals surface area contributed by atoms with Gasteiger partial charge < -0.3 is 4.57 Å². The molecule has 43 heavy (non-hydrogen) atoms. The molecule has 0 saturated heterocycles. The van der Waals surface area contributed by atoms with E-state index in [4.69, 9.17) is 15.0 Å². The number of benzene rings is 5. The molecular formula is C39H24N4. The molecule has 5 aromatic carbocycles. The van der Waals surface area contributed by atoms with Gasteiger partial charge in [-0.1, -0.05) is 78.9 Å². The van der Waals surface area contributed by atoms with Crippen molar-refractivity contribution in [3.05, 3.63) is 146 Å². The van der Waals surface area contributed by atoms with E-state index in [2.05, 4.69) is 126 Å². The van der Waals surface area contributed by atoms with Gasteiger partial charge in [0.05, 0.1) is 27.9 Å². The molecule has 0 atom stereocenters. The lowest BCUT2D eigenvalue weighted by atomic mass is 9.97. The quantitative estimate of drug-likeness (QED) is 0.221. The summed E-state index contributed by atoms with van der Waals surface area (Å²) in [6.45, 7) is 0. The van der Waals surface area contributed by atoms with Crippen LogP contribution in [0, 0.1) is 0 Å². The zero-order valence-corrected chi connectivity index (χ0v) is 23.1. The highest BCUT2D eigenvalue weighted by atomic mass is 15.0. The zero-order valence-electron chi connectivity index (χ0n) is 23.1. The van der Waals surface area contributed by atoms with Crippen LogP contribution in [0.15, 0.2) is 146 Å². The Morgan fingerprint density at radius 3 is 1.72 bits per heavy atom. The fourth-order valence-corrected chi connectivity index (χ4v) is 6.59. The Morgan fingerprint density at radius 2 is 1.02 bits per heavy atom. The van der Waals surface area contributed by atoms with Crippen molar-refractivity contribution < 1.29 is 0 Å². The summed E-state index contributed by atoms with van der Waals surface area (Å²) in [6, 6.07) is 44.9. The molecular weight excluding hydrogens is 524 g/mol. The van der Waals surface area contributed by atoms with Crippen molar-refractivity contribution in [1.29, 1.82) is 0 Å². The first kappa shape index (κ1) is 23.8. The summed E-state index contributed by atoms with van der Waals surface area (Å²) in [5.41, 5.74) is 8.32. The second-order valence-corrected chi connectivity index (χ2v) is 10.9. The molecule has 0 N–H and O–H groups in total. The number of hydrogen-bond acceptors (Lipinski definition) is 3. The summed E-state index contributed by atoms with van der Waals surface area (Å²) in [7, 11) is 0. The van der Waals surface area contributed by atoms with E-state index in [1.54, 1.807) is 0 Å². The Morgan fingerprint density at radius 1 is 0.419 bits per heavy atom. The molecule has 9 rings (SSSR count). The molecule has 4 heterocycles. The van der Waals surface area contributed by atoms with Gasteiger partial charge in [0.25, 0.3) is 0 Å². The Balaban J connectivity index is 1.42. The van der Waals surface area contributed by atoms with Crippen molar-refractivity contribution in [1.82, 2.24) is 19.5 Å². The first-order chi connectivity index (χ1) is 21.3. The molecule has 0 radical (unpaired) electrons. The van der Waals surface area contributed by atoms with Gasteiger partial charge in [-0.05, 0) is 59.3 Å². The Kier molecular flexibility index (Phi) is 5.16. The lowest BCUT2D eigenvalue weighted by molar-refractivity contribution is 1.18. The number of hydrogen-bond donors (Lipinski definition) is 0. The van der Waals surface area contributed by atoms with E-state index in [0.717, 1.165) is 77.1 Å². The fourth-order valence-electron chi connectivity index (χ4n) is 6.59. The van der Waals surface area contributed by atoms with Crippen molar-refractivity contribution in [2.45, 2.75) is 0 Å². The van der Waals surface area contributed by atoms with E-state index in [1.165, 1.54) is 5.39 Å². The molecule has 9 aromatic rings. The summed E-state index contributed by atoms with van der Waals surface area (Å²) < 4.78 is 2.36. The van der Waals surface area contributed by atoms with Gasteiger partial charge in [0, 0.05) is 62.3 Å². The van der Waals surface area contributed by atoms with Crippen molar-refractivity contribution in [2.75, 3.05) is 0 Å². The lowest BCUT2D eigenvalue weighted by Gasteiger charge is -2.15. The number of aromatic nitrogens is 4. The molecule has 0 unspecified atom stereocenters. The molecule has 0 aliphatic carbocycles. The van der Waals surface area contributed by atoms with Gasteiger partial charge in [0.15, 0.2) is 0 Å². The average Bonchev–Trinajstić information content (AvgIpc) is 3.42. The molecule has 0 spiro atoms. The standard InChI is InChI=1S/C39H24N4/c1-3-11-31-25(8-1)17-20-41-37(31)28-22-29(38-32-12-4-2-9-26(32)18-21-42-38)24-30(23-28)43-34-14-6-5-13-33(34)36-35(43)16-15-27-10-7-19-40-39(27)36/h1-24H. The van der Waals surface area contributed by atoms with Gasteiger partial charge in [0.2, 0.25) is 0 Å². The van der Waals surface area contributed by atoms with Crippen molar-refractivity contribution in [3.8, 4) is 28.2 Å². The maximum Gasteiger partial charge on any atom is 0.0802 e. The topological polar surface area (TPSA) is 43.6 Å². The van der Waals surface area contributed by atoms with Gasteiger partial charge in [-0.25, -0.2) is 0 Å². The van der Waals surface area contributed by atoms with Crippen LogP contribution < -0.4 is 0 Å². The van der Waals surface area contributed by atoms with Gasteiger partial charge in [-0.3, -0.25) is 15.0 Å². The fraction of sp³-hybridized carbons (Fsp3) is 0. The molecule has 0 saturated carbocycles. The Labute approximate surface area is 247 Å². The molecule has 4 heteroatoms. The number of nitrogens with zero attached hydrogens (tertiary/aromatic N) is 4. The highest BCUT2D eigenvalue weighted by molar-refractivity contribution is 6.20. The first-order valence-electron chi connectivity index (χ1n) is 14.4. The summed E-state index contributed by atoms with van der Waals surface area (Å²) in [5.74, 6) is 0. The van der Waals surface area contributed by atoms with Gasteiger partial charge in [0.1, 0.15) is 0 Å². The predicted octanol–water partition coefficient (Wildman–Crippen LogP) is 9.76. The predicted molar refractivity (Wildman–Crippen MR) is 178 cm³/mol. The molecule has 0 amide bonds. The molecule has 0 bridgehead atoms. The molecule has 0 aliphatic rings. The number of para-hydroxylation sites is 1. The van der Waals surface area contributed by atoms with Gasteiger partial charge in [-0.15, -0.1) is 0 Å². The van der Waals surface area contributed by atoms with E-state index in [0.29, 0.717) is 0 Å². The smallest absolute Gasteiger partial charge is 0.0802 e. The van der Waals surface area contributed by atoms with Crippen molar-refractivity contribution >= 4 is 54.3 Å². The SMILES string of the molecule is c1ccc2c(-c3cc(-c4nccc5ccccc45)cc(-n4c5ccccc5c5c6ncccc6ccc54)c3)nccc2c1. The van der Waals surface area contributed by atoms with Gasteiger partial charge >= 0.3 is 0 Å². The second kappa shape index (κ2) is 9.33. The maximum atomic E-state index is 4.92. The highest BCUT2D eigenvalue weighted by Crippen LogP contribution is 2.39. The van der Waals surface area contributed by atoms with E-state index in [-0.39, 0.29) is 0 Å². The minimum Gasteiger partial charge on any atom is -0.309 e. The monoisotopic (exact) mass is 548 g/mol. The summed E-state index contributed by atoms with van der Waals surface area (Å²) in [4.78, 5) is 14.7. The third-order valence-corrected chi connectivity index (χ3v) is 8.48. The van der Waals surface area contributed by atoms with Crippen LogP contribution in [0.2, 0.25) is 0 Å². The van der Waals surface area contributed by atoms with Crippen LogP contribution in [0.1, 0.15) is 0 Å². The molecule has 4 nitrogen and oxygen atoms in total. The molecule has 0 aliphatic heterocycles. The number of rotatable bonds is 3.